The van der Waals surface area contributed by atoms with Crippen LogP contribution in [0.1, 0.15) is 10.4 Å². The van der Waals surface area contributed by atoms with Gasteiger partial charge in [-0.15, -0.1) is 0 Å². The van der Waals surface area contributed by atoms with E-state index in [0.29, 0.717) is 18.7 Å². The van der Waals surface area contributed by atoms with E-state index in [4.69, 9.17) is 0 Å². The molecule has 1 aromatic carbocycles. The standard InChI is InChI=1S/C19H27F2N3O3/c1-22-5-7-23(8-6-22)10-15-11-24(12-16(15)13-25)18(26)14-3-2-4-17(9-14)27-19(20)21/h2-4,9,15-16,19,25H,5-8,10-13H2,1H3. The summed E-state index contributed by atoms with van der Waals surface area (Å²) in [6.07, 6.45) is 0. The summed E-state index contributed by atoms with van der Waals surface area (Å²) in [6.45, 7) is 3.05. The third kappa shape index (κ3) is 5.15. The molecule has 0 radical (unpaired) electrons. The molecular weight excluding hydrogens is 356 g/mol. The molecule has 2 aliphatic rings. The molecule has 1 amide bonds. The molecule has 0 bridgehead atoms. The van der Waals surface area contributed by atoms with E-state index >= 15 is 0 Å². The minimum absolute atomic E-state index is 0.0252. The van der Waals surface area contributed by atoms with Crippen LogP contribution in [0.5, 0.6) is 5.75 Å². The van der Waals surface area contributed by atoms with Crippen LogP contribution in [-0.4, -0.2) is 91.8 Å². The molecule has 0 saturated carbocycles. The average Bonchev–Trinajstić information content (AvgIpc) is 3.05. The molecule has 0 aromatic heterocycles. The highest BCUT2D eigenvalue weighted by molar-refractivity contribution is 5.94. The number of hydrogen-bond donors (Lipinski definition) is 1. The lowest BCUT2D eigenvalue weighted by atomic mass is 9.96. The van der Waals surface area contributed by atoms with Crippen LogP contribution in [0.3, 0.4) is 0 Å². The summed E-state index contributed by atoms with van der Waals surface area (Å²) in [5.41, 5.74) is 0.324. The Kier molecular flexibility index (Phi) is 6.62. The molecule has 8 heteroatoms. The van der Waals surface area contributed by atoms with E-state index in [1.807, 2.05) is 0 Å². The Balaban J connectivity index is 1.62. The third-order valence-corrected chi connectivity index (χ3v) is 5.49. The normalized spacial score (nSPS) is 24.6. The highest BCUT2D eigenvalue weighted by Crippen LogP contribution is 2.27. The first kappa shape index (κ1) is 20.0. The van der Waals surface area contributed by atoms with Gasteiger partial charge in [0.25, 0.3) is 5.91 Å². The van der Waals surface area contributed by atoms with Crippen molar-refractivity contribution in [3.05, 3.63) is 29.8 Å². The van der Waals surface area contributed by atoms with Crippen LogP contribution in [0.25, 0.3) is 0 Å². The number of nitrogens with zero attached hydrogens (tertiary/aromatic N) is 3. The van der Waals surface area contributed by atoms with Crippen molar-refractivity contribution < 1.29 is 23.4 Å². The number of amides is 1. The maximum absolute atomic E-state index is 12.8. The molecule has 3 rings (SSSR count). The van der Waals surface area contributed by atoms with E-state index in [2.05, 4.69) is 21.6 Å². The van der Waals surface area contributed by atoms with Crippen molar-refractivity contribution in [2.45, 2.75) is 6.61 Å². The Hall–Kier alpha value is -1.77. The van der Waals surface area contributed by atoms with E-state index in [1.165, 1.54) is 18.2 Å². The van der Waals surface area contributed by atoms with Gasteiger partial charge in [-0.2, -0.15) is 8.78 Å². The van der Waals surface area contributed by atoms with Gasteiger partial charge in [0.2, 0.25) is 0 Å². The number of aliphatic hydroxyl groups excluding tert-OH is 1. The molecule has 2 unspecified atom stereocenters. The number of alkyl halides is 2. The number of hydrogen-bond acceptors (Lipinski definition) is 5. The summed E-state index contributed by atoms with van der Waals surface area (Å²) in [5, 5.41) is 9.75. The van der Waals surface area contributed by atoms with Crippen molar-refractivity contribution >= 4 is 5.91 Å². The minimum Gasteiger partial charge on any atom is -0.435 e. The first-order chi connectivity index (χ1) is 13.0. The lowest BCUT2D eigenvalue weighted by molar-refractivity contribution is -0.0499. The average molecular weight is 383 g/mol. The largest absolute Gasteiger partial charge is 0.435 e. The Bertz CT molecular complexity index is 638. The van der Waals surface area contributed by atoms with E-state index < -0.39 is 6.61 Å². The monoisotopic (exact) mass is 383 g/mol. The van der Waals surface area contributed by atoms with Crippen molar-refractivity contribution in [1.29, 1.82) is 0 Å². The zero-order valence-corrected chi connectivity index (χ0v) is 15.6. The lowest BCUT2D eigenvalue weighted by Crippen LogP contribution is -2.47. The molecule has 0 aliphatic carbocycles. The number of aliphatic hydroxyl groups is 1. The van der Waals surface area contributed by atoms with Crippen molar-refractivity contribution in [3.63, 3.8) is 0 Å². The summed E-state index contributed by atoms with van der Waals surface area (Å²) in [7, 11) is 2.11. The first-order valence-electron chi connectivity index (χ1n) is 9.32. The van der Waals surface area contributed by atoms with E-state index in [1.54, 1.807) is 11.0 Å². The van der Waals surface area contributed by atoms with Crippen LogP contribution in [0.15, 0.2) is 24.3 Å². The Labute approximate surface area is 158 Å². The zero-order valence-electron chi connectivity index (χ0n) is 15.6. The van der Waals surface area contributed by atoms with Crippen molar-refractivity contribution in [2.24, 2.45) is 11.8 Å². The maximum Gasteiger partial charge on any atom is 0.387 e. The molecule has 1 aromatic rings. The highest BCUT2D eigenvalue weighted by Gasteiger charge is 2.36. The number of rotatable bonds is 6. The van der Waals surface area contributed by atoms with Gasteiger partial charge in [-0.05, 0) is 31.2 Å². The van der Waals surface area contributed by atoms with E-state index in [-0.39, 0.29) is 30.1 Å². The van der Waals surface area contributed by atoms with Crippen molar-refractivity contribution in [3.8, 4) is 5.75 Å². The van der Waals surface area contributed by atoms with Gasteiger partial charge < -0.3 is 24.5 Å². The van der Waals surface area contributed by atoms with Gasteiger partial charge in [-0.3, -0.25) is 4.79 Å². The maximum atomic E-state index is 12.8. The molecule has 2 fully saturated rings. The number of halogens is 2. The van der Waals surface area contributed by atoms with Crippen molar-refractivity contribution in [1.82, 2.24) is 14.7 Å². The molecular formula is C19H27F2N3O3. The van der Waals surface area contributed by atoms with Crippen LogP contribution in [-0.2, 0) is 0 Å². The molecule has 6 nitrogen and oxygen atoms in total. The van der Waals surface area contributed by atoms with Crippen LogP contribution in [0.4, 0.5) is 8.78 Å². The van der Waals surface area contributed by atoms with Crippen LogP contribution in [0, 0.1) is 11.8 Å². The molecule has 1 N–H and O–H groups in total. The van der Waals surface area contributed by atoms with Gasteiger partial charge in [0, 0.05) is 63.9 Å². The quantitative estimate of drug-likeness (QED) is 0.801. The molecule has 2 saturated heterocycles. The Morgan fingerprint density at radius 2 is 1.93 bits per heavy atom. The molecule has 27 heavy (non-hydrogen) atoms. The van der Waals surface area contributed by atoms with Gasteiger partial charge in [0.05, 0.1) is 0 Å². The number of ether oxygens (including phenoxy) is 1. The number of carbonyl (C=O) groups excluding carboxylic acids is 1. The van der Waals surface area contributed by atoms with Gasteiger partial charge in [-0.1, -0.05) is 6.07 Å². The summed E-state index contributed by atoms with van der Waals surface area (Å²) in [6, 6.07) is 5.88. The molecule has 2 heterocycles. The van der Waals surface area contributed by atoms with E-state index in [0.717, 1.165) is 32.7 Å². The number of benzene rings is 1. The van der Waals surface area contributed by atoms with Crippen LogP contribution in [0.2, 0.25) is 0 Å². The lowest BCUT2D eigenvalue weighted by Gasteiger charge is -2.34. The smallest absolute Gasteiger partial charge is 0.387 e. The van der Waals surface area contributed by atoms with Gasteiger partial charge >= 0.3 is 6.61 Å². The number of carbonyl (C=O) groups is 1. The molecule has 2 atom stereocenters. The number of piperazine rings is 1. The number of likely N-dealkylation sites (N-methyl/N-ethyl adjacent to an activating group) is 1. The van der Waals surface area contributed by atoms with Gasteiger partial charge in [0.1, 0.15) is 5.75 Å². The second-order valence-electron chi connectivity index (χ2n) is 7.42. The highest BCUT2D eigenvalue weighted by atomic mass is 19.3. The second-order valence-corrected chi connectivity index (χ2v) is 7.42. The summed E-state index contributed by atoms with van der Waals surface area (Å²) >= 11 is 0. The summed E-state index contributed by atoms with van der Waals surface area (Å²) in [4.78, 5) is 19.2. The van der Waals surface area contributed by atoms with E-state index in [9.17, 15) is 18.7 Å². The topological polar surface area (TPSA) is 56.2 Å². The summed E-state index contributed by atoms with van der Waals surface area (Å²) < 4.78 is 29.2. The predicted octanol–water partition coefficient (Wildman–Crippen LogP) is 1.22. The predicted molar refractivity (Wildman–Crippen MR) is 97.0 cm³/mol. The minimum atomic E-state index is -2.92. The fourth-order valence-electron chi connectivity index (χ4n) is 3.87. The fourth-order valence-corrected chi connectivity index (χ4v) is 3.87. The molecule has 0 spiro atoms. The van der Waals surface area contributed by atoms with Crippen molar-refractivity contribution in [2.75, 3.05) is 59.5 Å². The second kappa shape index (κ2) is 8.95. The Morgan fingerprint density at radius 3 is 2.59 bits per heavy atom. The van der Waals surface area contributed by atoms with Gasteiger partial charge in [0.15, 0.2) is 0 Å². The van der Waals surface area contributed by atoms with Crippen LogP contribution < -0.4 is 4.74 Å². The van der Waals surface area contributed by atoms with Crippen LogP contribution >= 0.6 is 0 Å². The first-order valence-corrected chi connectivity index (χ1v) is 9.32. The zero-order chi connectivity index (χ0) is 19.4. The third-order valence-electron chi connectivity index (χ3n) is 5.49. The molecule has 2 aliphatic heterocycles. The van der Waals surface area contributed by atoms with Gasteiger partial charge in [-0.25, -0.2) is 0 Å². The fraction of sp³-hybridized carbons (Fsp3) is 0.632. The Morgan fingerprint density at radius 1 is 1.22 bits per heavy atom. The molecule has 150 valence electrons. The SMILES string of the molecule is CN1CCN(CC2CN(C(=O)c3cccc(OC(F)F)c3)CC2CO)CC1. The number of likely N-dealkylation sites (tertiary alicyclic amines) is 1. The summed E-state index contributed by atoms with van der Waals surface area (Å²) in [5.74, 6) is 0.00809.